The number of nitrogens with one attached hydrogen (secondary N) is 2. The molecule has 0 aliphatic heterocycles. The van der Waals surface area contributed by atoms with Gasteiger partial charge in [0.2, 0.25) is 0 Å². The van der Waals surface area contributed by atoms with Crippen molar-refractivity contribution in [3.8, 4) is 0 Å². The molecule has 0 spiro atoms. The lowest BCUT2D eigenvalue weighted by Crippen LogP contribution is -2.22. The number of esters is 1. The summed E-state index contributed by atoms with van der Waals surface area (Å²) in [5.74, 6) is 0.724. The van der Waals surface area contributed by atoms with E-state index < -0.39 is 17.3 Å². The molecule has 0 fully saturated rings. The van der Waals surface area contributed by atoms with Gasteiger partial charge in [-0.1, -0.05) is 12.1 Å². The molecule has 0 amide bonds. The van der Waals surface area contributed by atoms with E-state index in [-0.39, 0.29) is 11.1 Å². The quantitative estimate of drug-likeness (QED) is 0.412. The summed E-state index contributed by atoms with van der Waals surface area (Å²) in [6.45, 7) is 7.27. The summed E-state index contributed by atoms with van der Waals surface area (Å²) >= 11 is 2.80. The number of hydrogen-bond acceptors (Lipinski definition) is 8. The Morgan fingerprint density at radius 2 is 1.88 bits per heavy atom. The number of H-pyrrole nitrogens is 2. The van der Waals surface area contributed by atoms with Crippen LogP contribution < -0.4 is 11.1 Å². The van der Waals surface area contributed by atoms with E-state index in [1.54, 1.807) is 38.1 Å². The first-order chi connectivity index (χ1) is 15.2. The molecular formula is C22H22N4O4S2. The lowest BCUT2D eigenvalue weighted by Gasteiger charge is -2.16. The highest BCUT2D eigenvalue weighted by atomic mass is 32.2. The molecule has 2 N–H and O–H groups in total. The lowest BCUT2D eigenvalue weighted by atomic mass is 10.2. The van der Waals surface area contributed by atoms with Gasteiger partial charge in [-0.05, 0) is 45.4 Å². The van der Waals surface area contributed by atoms with Crippen molar-refractivity contribution in [2.24, 2.45) is 0 Å². The zero-order valence-corrected chi connectivity index (χ0v) is 19.6. The molecule has 0 unspecified atom stereocenters. The third kappa shape index (κ3) is 4.33. The fourth-order valence-corrected chi connectivity index (χ4v) is 5.05. The standard InChI is InChI=1S/C22H22N4O4S2/c1-10-12(3)32-21-17(10)20(28)24-16(25-21)9-31-13(4)22(29)30-11(2)18-23-15-8-6-5-7-14(15)19(27)26-18/h5-8,11,13H,9H2,1-4H3,(H,23,26,27)(H,24,25,28)/t11-,13+/m1/s1. The minimum absolute atomic E-state index is 0.164. The first-order valence-electron chi connectivity index (χ1n) is 10.0. The fraction of sp³-hybridized carbons (Fsp3) is 0.318. The highest BCUT2D eigenvalue weighted by Crippen LogP contribution is 2.27. The fourth-order valence-electron chi connectivity index (χ4n) is 3.26. The van der Waals surface area contributed by atoms with Crippen LogP contribution in [0.1, 0.15) is 42.0 Å². The van der Waals surface area contributed by atoms with E-state index in [4.69, 9.17) is 4.74 Å². The van der Waals surface area contributed by atoms with E-state index in [2.05, 4.69) is 19.9 Å². The van der Waals surface area contributed by atoms with E-state index in [0.29, 0.717) is 38.5 Å². The van der Waals surface area contributed by atoms with E-state index in [1.165, 1.54) is 23.1 Å². The normalized spacial score (nSPS) is 13.4. The molecule has 0 saturated carbocycles. The van der Waals surface area contributed by atoms with Crippen LogP contribution in [-0.2, 0) is 15.3 Å². The number of benzene rings is 1. The molecule has 166 valence electrons. The summed E-state index contributed by atoms with van der Waals surface area (Å²) in [5, 5.41) is 0.602. The van der Waals surface area contributed by atoms with E-state index in [0.717, 1.165) is 10.4 Å². The first kappa shape index (κ1) is 22.2. The molecule has 3 heterocycles. The van der Waals surface area contributed by atoms with Crippen LogP contribution in [0.3, 0.4) is 0 Å². The van der Waals surface area contributed by atoms with E-state index in [9.17, 15) is 14.4 Å². The lowest BCUT2D eigenvalue weighted by molar-refractivity contribution is -0.147. The number of para-hydroxylation sites is 1. The number of carbonyl (C=O) groups excluding carboxylic acids is 1. The van der Waals surface area contributed by atoms with Crippen LogP contribution >= 0.6 is 23.1 Å². The number of ether oxygens (including phenoxy) is 1. The Labute approximate surface area is 191 Å². The number of aromatic nitrogens is 4. The molecule has 0 saturated heterocycles. The van der Waals surface area contributed by atoms with Gasteiger partial charge in [-0.2, -0.15) is 0 Å². The van der Waals surface area contributed by atoms with Crippen molar-refractivity contribution >= 4 is 50.2 Å². The highest BCUT2D eigenvalue weighted by molar-refractivity contribution is 7.99. The largest absolute Gasteiger partial charge is 0.454 e. The molecule has 32 heavy (non-hydrogen) atoms. The Bertz CT molecular complexity index is 1440. The number of thiophene rings is 1. The van der Waals surface area contributed by atoms with Gasteiger partial charge in [-0.3, -0.25) is 14.4 Å². The van der Waals surface area contributed by atoms with Crippen LogP contribution in [0.2, 0.25) is 0 Å². The minimum Gasteiger partial charge on any atom is -0.454 e. The average Bonchev–Trinajstić information content (AvgIpc) is 3.05. The maximum atomic E-state index is 12.6. The van der Waals surface area contributed by atoms with E-state index in [1.807, 2.05) is 13.8 Å². The molecule has 0 radical (unpaired) electrons. The zero-order chi connectivity index (χ0) is 23.0. The predicted molar refractivity (Wildman–Crippen MR) is 127 cm³/mol. The van der Waals surface area contributed by atoms with Crippen molar-refractivity contribution in [3.63, 3.8) is 0 Å². The summed E-state index contributed by atoms with van der Waals surface area (Å²) in [6, 6.07) is 6.99. The Hall–Kier alpha value is -2.98. The topological polar surface area (TPSA) is 118 Å². The molecule has 4 aromatic rings. The molecule has 0 bridgehead atoms. The van der Waals surface area contributed by atoms with Crippen molar-refractivity contribution in [3.05, 3.63) is 67.1 Å². The van der Waals surface area contributed by atoms with Crippen LogP contribution in [0.4, 0.5) is 0 Å². The van der Waals surface area contributed by atoms with Gasteiger partial charge < -0.3 is 14.7 Å². The van der Waals surface area contributed by atoms with Crippen molar-refractivity contribution in [2.45, 2.75) is 44.8 Å². The van der Waals surface area contributed by atoms with Crippen molar-refractivity contribution in [1.82, 2.24) is 19.9 Å². The molecule has 0 aliphatic rings. The monoisotopic (exact) mass is 470 g/mol. The first-order valence-corrected chi connectivity index (χ1v) is 11.9. The molecule has 2 atom stereocenters. The summed E-state index contributed by atoms with van der Waals surface area (Å²) in [4.78, 5) is 53.4. The Balaban J connectivity index is 1.42. The van der Waals surface area contributed by atoms with Gasteiger partial charge in [0.15, 0.2) is 11.9 Å². The summed E-state index contributed by atoms with van der Waals surface area (Å²) in [5.41, 5.74) is 1.05. The summed E-state index contributed by atoms with van der Waals surface area (Å²) in [6.07, 6.45) is -0.714. The smallest absolute Gasteiger partial charge is 0.319 e. The van der Waals surface area contributed by atoms with Crippen molar-refractivity contribution in [1.29, 1.82) is 0 Å². The molecule has 3 aromatic heterocycles. The number of thioether (sulfide) groups is 1. The third-order valence-electron chi connectivity index (χ3n) is 5.20. The molecule has 8 nitrogen and oxygen atoms in total. The van der Waals surface area contributed by atoms with Crippen LogP contribution in [0.15, 0.2) is 33.9 Å². The number of aromatic amines is 2. The highest BCUT2D eigenvalue weighted by Gasteiger charge is 2.21. The van der Waals surface area contributed by atoms with Gasteiger partial charge in [0.1, 0.15) is 15.9 Å². The minimum atomic E-state index is -0.714. The summed E-state index contributed by atoms with van der Waals surface area (Å²) < 4.78 is 5.52. The number of carbonyl (C=O) groups is 1. The molecule has 10 heteroatoms. The Morgan fingerprint density at radius 3 is 2.66 bits per heavy atom. The van der Waals surface area contributed by atoms with Gasteiger partial charge in [-0.25, -0.2) is 9.97 Å². The van der Waals surface area contributed by atoms with Gasteiger partial charge in [-0.15, -0.1) is 23.1 Å². The molecule has 0 aliphatic carbocycles. The molecule has 1 aromatic carbocycles. The van der Waals surface area contributed by atoms with Gasteiger partial charge in [0, 0.05) is 4.88 Å². The number of fused-ring (bicyclic) bond motifs is 2. The van der Waals surface area contributed by atoms with Gasteiger partial charge >= 0.3 is 5.97 Å². The number of rotatable bonds is 6. The Morgan fingerprint density at radius 1 is 1.12 bits per heavy atom. The Kier molecular flexibility index (Phi) is 6.16. The van der Waals surface area contributed by atoms with Crippen LogP contribution in [0.25, 0.3) is 21.1 Å². The predicted octanol–water partition coefficient (Wildman–Crippen LogP) is 3.76. The van der Waals surface area contributed by atoms with E-state index >= 15 is 0 Å². The second-order valence-electron chi connectivity index (χ2n) is 7.48. The SMILES string of the molecule is Cc1sc2nc(CS[C@@H](C)C(=O)O[C@H](C)c3nc4ccccc4c(=O)[nH]3)[nH]c(=O)c2c1C. The van der Waals surface area contributed by atoms with Crippen LogP contribution in [0, 0.1) is 13.8 Å². The van der Waals surface area contributed by atoms with Crippen molar-refractivity contribution in [2.75, 3.05) is 0 Å². The van der Waals surface area contributed by atoms with Gasteiger partial charge in [0.25, 0.3) is 11.1 Å². The number of hydrogen-bond donors (Lipinski definition) is 2. The summed E-state index contributed by atoms with van der Waals surface area (Å²) in [7, 11) is 0. The second-order valence-corrected chi connectivity index (χ2v) is 10.0. The number of nitrogens with zero attached hydrogens (tertiary/aromatic N) is 2. The number of aryl methyl sites for hydroxylation is 2. The van der Waals surface area contributed by atoms with Crippen LogP contribution in [0.5, 0.6) is 0 Å². The molecule has 4 rings (SSSR count). The van der Waals surface area contributed by atoms with Crippen LogP contribution in [-0.4, -0.2) is 31.2 Å². The third-order valence-corrected chi connectivity index (χ3v) is 7.43. The second kappa shape index (κ2) is 8.87. The average molecular weight is 471 g/mol. The maximum Gasteiger partial charge on any atom is 0.319 e. The maximum absolute atomic E-state index is 12.6. The molecular weight excluding hydrogens is 448 g/mol. The van der Waals surface area contributed by atoms with Gasteiger partial charge in [0.05, 0.1) is 22.0 Å². The zero-order valence-electron chi connectivity index (χ0n) is 18.0. The van der Waals surface area contributed by atoms with Crippen molar-refractivity contribution < 1.29 is 9.53 Å².